The van der Waals surface area contributed by atoms with E-state index in [1.54, 1.807) is 30.5 Å². The van der Waals surface area contributed by atoms with Crippen molar-refractivity contribution in [3.63, 3.8) is 0 Å². The summed E-state index contributed by atoms with van der Waals surface area (Å²) in [5.74, 6) is -0.475. The van der Waals surface area contributed by atoms with Crippen molar-refractivity contribution in [2.45, 2.75) is 133 Å². The number of aliphatic carboxylic acids is 1. The summed E-state index contributed by atoms with van der Waals surface area (Å²) in [5.41, 5.74) is 7.94. The monoisotopic (exact) mass is 859 g/mol. The number of nitrogens with two attached hydrogens (primary N) is 1. The van der Waals surface area contributed by atoms with Crippen LogP contribution >= 0.6 is 0 Å². The quantitative estimate of drug-likeness (QED) is 0.0779. The number of phenolic OH excluding ortho intramolecular Hbond substituents is 2. The lowest BCUT2D eigenvalue weighted by Crippen LogP contribution is -2.72. The standard InChI is InChI=1S/C48H65N3O11/c1-28-23-47-15-5-6-40(47)46(13-3-4-14-46)24-34(30-11-16-50-42(49)21-30)48(47,25-43(56)57)41(51-28)26-60-39-20-31(19-38(59-2)44(39)58)45-33(12-17-52)36(55)22-32(62-45)9-7-29-8-10-35(54)37(18-29)61-27-53/h8,10-11,16,18-21,28,32-34,36,40-41,45,51-55,58H,3-7,9,12-15,17,22-27H2,1-2H3,(H2,49,50)(H,56,57)/t28-,32+,33+,34+,36+,40-,41+,45-,47-,48-/m1/s1. The van der Waals surface area contributed by atoms with Gasteiger partial charge in [-0.2, -0.15) is 0 Å². The van der Waals surface area contributed by atoms with Crippen molar-refractivity contribution in [2.24, 2.45) is 28.1 Å². The molecule has 10 atom stereocenters. The number of pyridine rings is 1. The van der Waals surface area contributed by atoms with Gasteiger partial charge in [0.1, 0.15) is 12.4 Å². The Morgan fingerprint density at radius 2 is 1.76 bits per heavy atom. The number of benzene rings is 2. The van der Waals surface area contributed by atoms with Gasteiger partial charge in [0.25, 0.3) is 0 Å². The van der Waals surface area contributed by atoms with Crippen LogP contribution in [0.5, 0.6) is 28.7 Å². The number of carboxylic acid groups (broad SMARTS) is 1. The third-order valence-corrected chi connectivity index (χ3v) is 15.9. The van der Waals surface area contributed by atoms with Gasteiger partial charge in [0.05, 0.1) is 31.8 Å². The van der Waals surface area contributed by atoms with E-state index in [1.807, 2.05) is 12.1 Å². The summed E-state index contributed by atoms with van der Waals surface area (Å²) in [4.78, 5) is 17.7. The summed E-state index contributed by atoms with van der Waals surface area (Å²) in [6.45, 7) is 1.53. The predicted octanol–water partition coefficient (Wildman–Crippen LogP) is 6.36. The summed E-state index contributed by atoms with van der Waals surface area (Å²) >= 11 is 0. The second-order valence-corrected chi connectivity index (χ2v) is 19.0. The molecule has 3 aliphatic carbocycles. The fraction of sp³-hybridized carbons (Fsp3) is 0.625. The molecule has 2 spiro atoms. The average Bonchev–Trinajstić information content (AvgIpc) is 3.90. The Kier molecular flexibility index (Phi) is 12.9. The lowest BCUT2D eigenvalue weighted by Gasteiger charge is -2.70. The summed E-state index contributed by atoms with van der Waals surface area (Å²) < 4.78 is 24.4. The molecule has 2 aromatic carbocycles. The number of aromatic nitrogens is 1. The zero-order valence-corrected chi connectivity index (χ0v) is 36.0. The van der Waals surface area contributed by atoms with Gasteiger partial charge in [-0.25, -0.2) is 4.98 Å². The minimum atomic E-state index is -0.848. The van der Waals surface area contributed by atoms with Crippen LogP contribution in [0.25, 0.3) is 0 Å². The number of anilines is 1. The molecule has 2 saturated heterocycles. The maximum atomic E-state index is 13.4. The van der Waals surface area contributed by atoms with Crippen molar-refractivity contribution in [1.82, 2.24) is 10.3 Å². The van der Waals surface area contributed by atoms with Gasteiger partial charge in [-0.1, -0.05) is 25.3 Å². The first kappa shape index (κ1) is 44.3. The van der Waals surface area contributed by atoms with Crippen molar-refractivity contribution in [2.75, 3.05) is 32.9 Å². The predicted molar refractivity (Wildman–Crippen MR) is 230 cm³/mol. The molecule has 3 saturated carbocycles. The molecule has 1 aromatic heterocycles. The van der Waals surface area contributed by atoms with E-state index in [-0.39, 0.29) is 77.6 Å². The highest BCUT2D eigenvalue weighted by Crippen LogP contribution is 2.77. The third kappa shape index (κ3) is 7.95. The number of hydrogen-bond donors (Lipinski definition) is 8. The molecule has 3 aromatic rings. The molecule has 9 N–H and O–H groups in total. The van der Waals surface area contributed by atoms with Gasteiger partial charge in [0, 0.05) is 36.2 Å². The molecule has 14 heteroatoms. The van der Waals surface area contributed by atoms with E-state index >= 15 is 0 Å². The van der Waals surface area contributed by atoms with Crippen LogP contribution in [-0.4, -0.2) is 93.0 Å². The van der Waals surface area contributed by atoms with E-state index in [2.05, 4.69) is 17.2 Å². The van der Waals surface area contributed by atoms with Gasteiger partial charge < -0.3 is 60.6 Å². The number of nitrogens with one attached hydrogen (secondary N) is 1. The Balaban J connectivity index is 1.14. The molecule has 8 rings (SSSR count). The Morgan fingerprint density at radius 3 is 2.48 bits per heavy atom. The molecule has 5 aliphatic rings. The van der Waals surface area contributed by atoms with Crippen LogP contribution in [0, 0.1) is 28.1 Å². The van der Waals surface area contributed by atoms with Crippen LogP contribution in [-0.2, 0) is 16.0 Å². The van der Waals surface area contributed by atoms with Crippen LogP contribution in [0.15, 0.2) is 48.7 Å². The number of aliphatic hydroxyl groups is 3. The molecule has 62 heavy (non-hydrogen) atoms. The molecule has 0 amide bonds. The Labute approximate surface area is 363 Å². The summed E-state index contributed by atoms with van der Waals surface area (Å²) in [5, 5.41) is 67.6. The van der Waals surface area contributed by atoms with E-state index in [9.17, 15) is 35.4 Å². The summed E-state index contributed by atoms with van der Waals surface area (Å²) in [6, 6.07) is 12.0. The number of nitrogen functional groups attached to an aromatic ring is 1. The first-order chi connectivity index (χ1) is 29.9. The zero-order valence-electron chi connectivity index (χ0n) is 36.0. The Morgan fingerprint density at radius 1 is 0.968 bits per heavy atom. The van der Waals surface area contributed by atoms with Crippen LogP contribution in [0.4, 0.5) is 5.82 Å². The highest BCUT2D eigenvalue weighted by atomic mass is 16.6. The Bertz CT molecular complexity index is 2060. The fourth-order valence-corrected chi connectivity index (χ4v) is 13.8. The largest absolute Gasteiger partial charge is 0.504 e. The molecule has 0 radical (unpaired) electrons. The fourth-order valence-electron chi connectivity index (χ4n) is 13.8. The number of carboxylic acids is 1. The highest BCUT2D eigenvalue weighted by molar-refractivity contribution is 5.69. The van der Waals surface area contributed by atoms with Crippen molar-refractivity contribution in [3.8, 4) is 28.7 Å². The molecule has 3 heterocycles. The number of carbonyl (C=O) groups is 1. The number of aromatic hydroxyl groups is 2. The average molecular weight is 860 g/mol. The molecule has 2 aliphatic heterocycles. The van der Waals surface area contributed by atoms with Crippen molar-refractivity contribution in [3.05, 3.63) is 65.4 Å². The maximum absolute atomic E-state index is 13.4. The van der Waals surface area contributed by atoms with Gasteiger partial charge >= 0.3 is 5.97 Å². The van der Waals surface area contributed by atoms with Gasteiger partial charge in [-0.15, -0.1) is 0 Å². The SMILES string of the molecule is COc1cc([C@H]2O[C@@H](CCc3ccc(O)c(OCO)c3)C[C@H](O)[C@@H]2CCO)cc(OC[C@@H]2N[C@H](C)C[C@]34CCC[C@@H]3C3(CCCC3)C[C@@H](c3ccnc(N)c3)[C@]24CC(=O)O)c1O. The number of aliphatic hydroxyl groups excluding tert-OH is 3. The Hall–Kier alpha value is -4.34. The molecule has 14 nitrogen and oxygen atoms in total. The molecule has 338 valence electrons. The van der Waals surface area contributed by atoms with Crippen LogP contribution in [0.2, 0.25) is 0 Å². The number of piperidine rings is 1. The molecule has 0 bridgehead atoms. The smallest absolute Gasteiger partial charge is 0.304 e. The minimum absolute atomic E-state index is 0.0481. The lowest BCUT2D eigenvalue weighted by atomic mass is 9.36. The third-order valence-electron chi connectivity index (χ3n) is 15.9. The molecular weight excluding hydrogens is 795 g/mol. The summed E-state index contributed by atoms with van der Waals surface area (Å²) in [6.07, 6.45) is 10.9. The number of methoxy groups -OCH3 is 1. The van der Waals surface area contributed by atoms with E-state index in [1.165, 1.54) is 26.0 Å². The number of ether oxygens (including phenoxy) is 4. The number of aryl methyl sites for hydroxylation is 1. The van der Waals surface area contributed by atoms with E-state index in [0.717, 1.165) is 56.1 Å². The minimum Gasteiger partial charge on any atom is -0.504 e. The van der Waals surface area contributed by atoms with Gasteiger partial charge in [-0.3, -0.25) is 4.79 Å². The van der Waals surface area contributed by atoms with Crippen molar-refractivity contribution in [1.29, 1.82) is 0 Å². The molecular formula is C48H65N3O11. The second kappa shape index (κ2) is 18.0. The van der Waals surface area contributed by atoms with Crippen LogP contribution < -0.4 is 25.3 Å². The van der Waals surface area contributed by atoms with E-state index in [0.29, 0.717) is 36.6 Å². The van der Waals surface area contributed by atoms with Crippen molar-refractivity contribution < 1.29 is 54.4 Å². The van der Waals surface area contributed by atoms with Crippen molar-refractivity contribution >= 4 is 11.8 Å². The van der Waals surface area contributed by atoms with Crippen LogP contribution in [0.1, 0.15) is 119 Å². The topological polar surface area (TPSA) is 226 Å². The molecule has 5 fully saturated rings. The van der Waals surface area contributed by atoms with Gasteiger partial charge in [0.15, 0.2) is 29.8 Å². The van der Waals surface area contributed by atoms with Gasteiger partial charge in [0.2, 0.25) is 5.75 Å². The number of rotatable bonds is 15. The summed E-state index contributed by atoms with van der Waals surface area (Å²) in [7, 11) is 1.46. The lowest BCUT2D eigenvalue weighted by molar-refractivity contribution is -0.193. The van der Waals surface area contributed by atoms with E-state index < -0.39 is 48.4 Å². The van der Waals surface area contributed by atoms with Gasteiger partial charge in [-0.05, 0) is 147 Å². The number of hydrogen-bond acceptors (Lipinski definition) is 13. The molecule has 0 unspecified atom stereocenters. The number of fused-ring (bicyclic) bond motifs is 1. The first-order valence-electron chi connectivity index (χ1n) is 22.6. The zero-order chi connectivity index (χ0) is 43.8. The number of phenols is 2. The van der Waals surface area contributed by atoms with E-state index in [4.69, 9.17) is 24.7 Å². The normalized spacial score (nSPS) is 32.5. The first-order valence-corrected chi connectivity index (χ1v) is 22.6. The maximum Gasteiger partial charge on any atom is 0.304 e. The van der Waals surface area contributed by atoms with Crippen LogP contribution in [0.3, 0.4) is 0 Å². The number of nitrogens with zero attached hydrogens (tertiary/aromatic N) is 1. The highest BCUT2D eigenvalue weighted by Gasteiger charge is 2.73. The second-order valence-electron chi connectivity index (χ2n) is 19.0.